The van der Waals surface area contributed by atoms with E-state index in [0.29, 0.717) is 5.92 Å². The van der Waals surface area contributed by atoms with Gasteiger partial charge < -0.3 is 10.8 Å². The number of aliphatic hydroxyl groups excluding tert-OH is 1. The van der Waals surface area contributed by atoms with Gasteiger partial charge in [-0.3, -0.25) is 0 Å². The molecule has 1 aliphatic carbocycles. The van der Waals surface area contributed by atoms with Crippen LogP contribution in [0.5, 0.6) is 0 Å². The van der Waals surface area contributed by atoms with Gasteiger partial charge in [0, 0.05) is 5.54 Å². The Morgan fingerprint density at radius 1 is 1.13 bits per heavy atom. The van der Waals surface area contributed by atoms with Crippen LogP contribution >= 0.6 is 0 Å². The molecule has 0 heterocycles. The number of aryl methyl sites for hydroxylation is 2. The molecule has 2 heteroatoms. The standard InChI is InChI=1S/C21H35NO/c1-3-4-5-6-7-8-9-17-10-11-19-15-20(21(2,22)16-23)13-12-18(19)14-17/h10-11,14,20,23H,3-9,12-13,15-16,22H2,1-2H3/t20-,21-/m0/s1. The second kappa shape index (κ2) is 8.84. The Hall–Kier alpha value is -0.860. The van der Waals surface area contributed by atoms with E-state index in [1.54, 1.807) is 0 Å². The largest absolute Gasteiger partial charge is 0.394 e. The molecule has 2 atom stereocenters. The normalized spacial score (nSPS) is 20.1. The quantitative estimate of drug-likeness (QED) is 0.663. The van der Waals surface area contributed by atoms with E-state index in [1.807, 2.05) is 6.92 Å². The topological polar surface area (TPSA) is 46.2 Å². The van der Waals surface area contributed by atoms with E-state index in [1.165, 1.54) is 61.6 Å². The molecule has 0 unspecified atom stereocenters. The zero-order chi connectivity index (χ0) is 16.7. The zero-order valence-corrected chi connectivity index (χ0v) is 15.1. The summed E-state index contributed by atoms with van der Waals surface area (Å²) >= 11 is 0. The Bertz CT molecular complexity index is 481. The summed E-state index contributed by atoms with van der Waals surface area (Å²) in [4.78, 5) is 0. The maximum Gasteiger partial charge on any atom is 0.0611 e. The number of rotatable bonds is 9. The molecule has 1 aromatic rings. The summed E-state index contributed by atoms with van der Waals surface area (Å²) in [5.41, 5.74) is 10.2. The van der Waals surface area contributed by atoms with Crippen LogP contribution in [0.4, 0.5) is 0 Å². The van der Waals surface area contributed by atoms with E-state index in [4.69, 9.17) is 5.73 Å². The van der Waals surface area contributed by atoms with Gasteiger partial charge in [0.2, 0.25) is 0 Å². The van der Waals surface area contributed by atoms with Crippen molar-refractivity contribution in [1.82, 2.24) is 0 Å². The van der Waals surface area contributed by atoms with E-state index < -0.39 is 5.54 Å². The Morgan fingerprint density at radius 3 is 2.61 bits per heavy atom. The monoisotopic (exact) mass is 317 g/mol. The Morgan fingerprint density at radius 2 is 1.87 bits per heavy atom. The molecule has 0 saturated heterocycles. The molecule has 0 aliphatic heterocycles. The van der Waals surface area contributed by atoms with E-state index in [0.717, 1.165) is 19.3 Å². The molecule has 23 heavy (non-hydrogen) atoms. The minimum atomic E-state index is -0.450. The molecular weight excluding hydrogens is 282 g/mol. The van der Waals surface area contributed by atoms with E-state index in [2.05, 4.69) is 25.1 Å². The minimum Gasteiger partial charge on any atom is -0.394 e. The molecule has 0 bridgehead atoms. The highest BCUT2D eigenvalue weighted by atomic mass is 16.3. The third-order valence-electron chi connectivity index (χ3n) is 5.59. The molecule has 0 spiro atoms. The molecule has 0 fully saturated rings. The minimum absolute atomic E-state index is 0.0725. The highest BCUT2D eigenvalue weighted by molar-refractivity contribution is 5.35. The molecule has 1 aromatic carbocycles. The molecule has 0 radical (unpaired) electrons. The Labute approximate surface area is 142 Å². The fraction of sp³-hybridized carbons (Fsp3) is 0.714. The second-order valence-electron chi connectivity index (χ2n) is 7.72. The number of aliphatic hydroxyl groups is 1. The number of hydrogen-bond donors (Lipinski definition) is 2. The van der Waals surface area contributed by atoms with Crippen LogP contribution in [0.15, 0.2) is 18.2 Å². The fourth-order valence-electron chi connectivity index (χ4n) is 3.77. The van der Waals surface area contributed by atoms with Crippen molar-refractivity contribution in [1.29, 1.82) is 0 Å². The number of nitrogens with two attached hydrogens (primary N) is 1. The first-order valence-electron chi connectivity index (χ1n) is 9.57. The maximum atomic E-state index is 9.49. The highest BCUT2D eigenvalue weighted by Gasteiger charge is 2.32. The van der Waals surface area contributed by atoms with Crippen LogP contribution in [0.2, 0.25) is 0 Å². The first kappa shape index (κ1) is 18.5. The Balaban J connectivity index is 1.84. The molecule has 130 valence electrons. The van der Waals surface area contributed by atoms with Crippen molar-refractivity contribution in [3.8, 4) is 0 Å². The fourth-order valence-corrected chi connectivity index (χ4v) is 3.77. The van der Waals surface area contributed by atoms with Gasteiger partial charge in [0.05, 0.1) is 6.61 Å². The lowest BCUT2D eigenvalue weighted by atomic mass is 9.74. The third-order valence-corrected chi connectivity index (χ3v) is 5.59. The lowest BCUT2D eigenvalue weighted by Crippen LogP contribution is -2.49. The number of fused-ring (bicyclic) bond motifs is 1. The summed E-state index contributed by atoms with van der Waals surface area (Å²) in [5, 5.41) is 9.49. The summed E-state index contributed by atoms with van der Waals surface area (Å²) in [6, 6.07) is 7.03. The van der Waals surface area contributed by atoms with Gasteiger partial charge in [-0.05, 0) is 61.6 Å². The molecule has 0 saturated carbocycles. The van der Waals surface area contributed by atoms with Gasteiger partial charge in [0.1, 0.15) is 0 Å². The summed E-state index contributed by atoms with van der Waals surface area (Å²) in [7, 11) is 0. The van der Waals surface area contributed by atoms with Gasteiger partial charge in [-0.1, -0.05) is 57.2 Å². The van der Waals surface area contributed by atoms with Crippen LogP contribution in [0.25, 0.3) is 0 Å². The van der Waals surface area contributed by atoms with Crippen molar-refractivity contribution in [3.05, 3.63) is 34.9 Å². The van der Waals surface area contributed by atoms with Crippen molar-refractivity contribution in [3.63, 3.8) is 0 Å². The third kappa shape index (κ3) is 5.32. The molecule has 1 aliphatic rings. The van der Waals surface area contributed by atoms with Crippen LogP contribution in [-0.2, 0) is 19.3 Å². The van der Waals surface area contributed by atoms with Crippen LogP contribution in [0.1, 0.15) is 75.5 Å². The lowest BCUT2D eigenvalue weighted by molar-refractivity contribution is 0.144. The second-order valence-corrected chi connectivity index (χ2v) is 7.72. The van der Waals surface area contributed by atoms with E-state index >= 15 is 0 Å². The van der Waals surface area contributed by atoms with Gasteiger partial charge in [0.25, 0.3) is 0 Å². The number of benzene rings is 1. The number of hydrogen-bond acceptors (Lipinski definition) is 2. The average Bonchev–Trinajstić information content (AvgIpc) is 2.57. The Kier molecular flexibility index (Phi) is 7.10. The molecule has 3 N–H and O–H groups in total. The molecule has 2 nitrogen and oxygen atoms in total. The van der Waals surface area contributed by atoms with Crippen LogP contribution in [0, 0.1) is 5.92 Å². The first-order chi connectivity index (χ1) is 11.1. The zero-order valence-electron chi connectivity index (χ0n) is 15.1. The van der Waals surface area contributed by atoms with Gasteiger partial charge in [-0.15, -0.1) is 0 Å². The van der Waals surface area contributed by atoms with Gasteiger partial charge in [-0.2, -0.15) is 0 Å². The summed E-state index contributed by atoms with van der Waals surface area (Å²) in [5.74, 6) is 0.393. The van der Waals surface area contributed by atoms with E-state index in [-0.39, 0.29) is 6.61 Å². The van der Waals surface area contributed by atoms with Crippen molar-refractivity contribution >= 4 is 0 Å². The van der Waals surface area contributed by atoms with E-state index in [9.17, 15) is 5.11 Å². The van der Waals surface area contributed by atoms with Gasteiger partial charge in [0.15, 0.2) is 0 Å². The average molecular weight is 318 g/mol. The smallest absolute Gasteiger partial charge is 0.0611 e. The van der Waals surface area contributed by atoms with Gasteiger partial charge >= 0.3 is 0 Å². The predicted molar refractivity (Wildman–Crippen MR) is 98.7 cm³/mol. The molecule has 0 aromatic heterocycles. The molecule has 0 amide bonds. The molecule has 2 rings (SSSR count). The predicted octanol–water partition coefficient (Wildman–Crippen LogP) is 4.40. The van der Waals surface area contributed by atoms with Crippen molar-refractivity contribution in [2.75, 3.05) is 6.61 Å². The SMILES string of the molecule is CCCCCCCCc1ccc2c(c1)CC[C@H]([C@@](C)(N)CO)C2. The van der Waals surface area contributed by atoms with Crippen molar-refractivity contribution < 1.29 is 5.11 Å². The summed E-state index contributed by atoms with van der Waals surface area (Å²) < 4.78 is 0. The van der Waals surface area contributed by atoms with Crippen molar-refractivity contribution in [2.24, 2.45) is 11.7 Å². The van der Waals surface area contributed by atoms with Gasteiger partial charge in [-0.25, -0.2) is 0 Å². The summed E-state index contributed by atoms with van der Waals surface area (Å²) in [6.07, 6.45) is 12.6. The van der Waals surface area contributed by atoms with Crippen LogP contribution < -0.4 is 5.73 Å². The van der Waals surface area contributed by atoms with Crippen LogP contribution in [0.3, 0.4) is 0 Å². The molecular formula is C21H35NO. The van der Waals surface area contributed by atoms with Crippen molar-refractivity contribution in [2.45, 2.75) is 83.6 Å². The van der Waals surface area contributed by atoms with Crippen LogP contribution in [-0.4, -0.2) is 17.3 Å². The first-order valence-corrected chi connectivity index (χ1v) is 9.57. The number of unbranched alkanes of at least 4 members (excludes halogenated alkanes) is 5. The maximum absolute atomic E-state index is 9.49. The highest BCUT2D eigenvalue weighted by Crippen LogP contribution is 2.32. The summed E-state index contributed by atoms with van der Waals surface area (Å²) in [6.45, 7) is 4.32. The lowest BCUT2D eigenvalue weighted by Gasteiger charge is -2.36.